The van der Waals surface area contributed by atoms with Crippen molar-refractivity contribution in [2.24, 2.45) is 7.05 Å². The van der Waals surface area contributed by atoms with E-state index in [2.05, 4.69) is 25.2 Å². The zero-order chi connectivity index (χ0) is 18.1. The summed E-state index contributed by atoms with van der Waals surface area (Å²) in [6.07, 6.45) is 4.29. The van der Waals surface area contributed by atoms with Crippen LogP contribution >= 0.6 is 0 Å². The molecule has 4 heterocycles. The number of nitrogens with zero attached hydrogens (tertiary/aromatic N) is 7. The Morgan fingerprint density at radius 2 is 2.08 bits per heavy atom. The van der Waals surface area contributed by atoms with Gasteiger partial charge in [0.25, 0.3) is 0 Å². The second-order valence-corrected chi connectivity index (χ2v) is 6.07. The molecule has 0 atom stereocenters. The lowest BCUT2D eigenvalue weighted by molar-refractivity contribution is 0.384. The Labute approximate surface area is 150 Å². The topological polar surface area (TPSA) is 85.8 Å². The standard InChI is InChI=1S/C18H19N7O/c1-4-16-21-17(13-10-20-25(3)18(13)22-16)24(2)11-12-9-15(23-26-12)14-7-5-6-8-19-14/h5-10H,4,11H2,1-3H3. The SMILES string of the molecule is CCc1nc(N(C)Cc2cc(-c3ccccn3)no2)c2cnn(C)c2n1. The van der Waals surface area contributed by atoms with Gasteiger partial charge in [0.1, 0.15) is 17.3 Å². The molecule has 4 rings (SSSR count). The molecule has 132 valence electrons. The fourth-order valence-corrected chi connectivity index (χ4v) is 2.83. The molecule has 0 N–H and O–H groups in total. The van der Waals surface area contributed by atoms with Crippen molar-refractivity contribution in [3.63, 3.8) is 0 Å². The minimum Gasteiger partial charge on any atom is -0.359 e. The maximum absolute atomic E-state index is 5.49. The van der Waals surface area contributed by atoms with E-state index in [0.29, 0.717) is 6.54 Å². The molecule has 0 bridgehead atoms. The lowest BCUT2D eigenvalue weighted by Gasteiger charge is -2.17. The van der Waals surface area contributed by atoms with Crippen molar-refractivity contribution in [1.82, 2.24) is 29.9 Å². The Balaban J connectivity index is 1.64. The summed E-state index contributed by atoms with van der Waals surface area (Å²) < 4.78 is 7.25. The molecular weight excluding hydrogens is 330 g/mol. The molecule has 4 aromatic heterocycles. The summed E-state index contributed by atoms with van der Waals surface area (Å²) in [7, 11) is 3.85. The van der Waals surface area contributed by atoms with Crippen molar-refractivity contribution in [3.05, 3.63) is 48.2 Å². The van der Waals surface area contributed by atoms with E-state index in [-0.39, 0.29) is 0 Å². The van der Waals surface area contributed by atoms with E-state index in [4.69, 9.17) is 4.52 Å². The highest BCUT2D eigenvalue weighted by molar-refractivity contribution is 5.86. The molecule has 26 heavy (non-hydrogen) atoms. The van der Waals surface area contributed by atoms with Crippen LogP contribution in [0.25, 0.3) is 22.4 Å². The summed E-state index contributed by atoms with van der Waals surface area (Å²) in [6, 6.07) is 7.61. The molecule has 0 aliphatic carbocycles. The average Bonchev–Trinajstić information content (AvgIpc) is 3.29. The van der Waals surface area contributed by atoms with Gasteiger partial charge in [0.15, 0.2) is 11.4 Å². The number of hydrogen-bond acceptors (Lipinski definition) is 7. The Bertz CT molecular complexity index is 1040. The normalized spacial score (nSPS) is 11.2. The van der Waals surface area contributed by atoms with Crippen molar-refractivity contribution in [2.45, 2.75) is 19.9 Å². The summed E-state index contributed by atoms with van der Waals surface area (Å²) in [5, 5.41) is 9.34. The number of aromatic nitrogens is 6. The first-order chi connectivity index (χ1) is 12.7. The van der Waals surface area contributed by atoms with Crippen LogP contribution in [0.15, 0.2) is 41.2 Å². The molecule has 4 aromatic rings. The van der Waals surface area contributed by atoms with E-state index in [9.17, 15) is 0 Å². The van der Waals surface area contributed by atoms with Crippen LogP contribution in [0.1, 0.15) is 18.5 Å². The van der Waals surface area contributed by atoms with Gasteiger partial charge in [-0.3, -0.25) is 9.67 Å². The molecule has 8 nitrogen and oxygen atoms in total. The van der Waals surface area contributed by atoms with Gasteiger partial charge in [-0.1, -0.05) is 18.1 Å². The van der Waals surface area contributed by atoms with E-state index in [0.717, 1.165) is 46.2 Å². The van der Waals surface area contributed by atoms with Gasteiger partial charge in [0.05, 0.1) is 23.8 Å². The van der Waals surface area contributed by atoms with Crippen molar-refractivity contribution in [3.8, 4) is 11.4 Å². The van der Waals surface area contributed by atoms with Crippen molar-refractivity contribution >= 4 is 16.9 Å². The van der Waals surface area contributed by atoms with Crippen molar-refractivity contribution in [2.75, 3.05) is 11.9 Å². The Morgan fingerprint density at radius 3 is 2.85 bits per heavy atom. The monoisotopic (exact) mass is 349 g/mol. The average molecular weight is 349 g/mol. The molecule has 0 saturated carbocycles. The molecule has 0 radical (unpaired) electrons. The number of anilines is 1. The molecule has 0 amide bonds. The summed E-state index contributed by atoms with van der Waals surface area (Å²) in [4.78, 5) is 15.6. The molecule has 0 aromatic carbocycles. The van der Waals surface area contributed by atoms with Gasteiger partial charge in [-0.25, -0.2) is 9.97 Å². The fraction of sp³-hybridized carbons (Fsp3) is 0.278. The summed E-state index contributed by atoms with van der Waals surface area (Å²) in [5.41, 5.74) is 2.33. The van der Waals surface area contributed by atoms with Gasteiger partial charge in [0, 0.05) is 32.8 Å². The number of pyridine rings is 1. The molecule has 0 aliphatic rings. The highest BCUT2D eigenvalue weighted by atomic mass is 16.5. The third kappa shape index (κ3) is 2.90. The third-order valence-corrected chi connectivity index (χ3v) is 4.18. The number of rotatable bonds is 5. The summed E-state index contributed by atoms with van der Waals surface area (Å²) in [6.45, 7) is 2.57. The molecular formula is C18H19N7O. The zero-order valence-electron chi connectivity index (χ0n) is 14.9. The number of hydrogen-bond donors (Lipinski definition) is 0. The largest absolute Gasteiger partial charge is 0.359 e. The number of aryl methyl sites for hydroxylation is 2. The van der Waals surface area contributed by atoms with Crippen LogP contribution in [-0.2, 0) is 20.0 Å². The lowest BCUT2D eigenvalue weighted by atomic mass is 10.2. The third-order valence-electron chi connectivity index (χ3n) is 4.18. The van der Waals surface area contributed by atoms with Crippen molar-refractivity contribution in [1.29, 1.82) is 0 Å². The maximum atomic E-state index is 5.49. The van der Waals surface area contributed by atoms with Crippen LogP contribution < -0.4 is 4.90 Å². The van der Waals surface area contributed by atoms with Crippen LogP contribution in [0.5, 0.6) is 0 Å². The van der Waals surface area contributed by atoms with E-state index >= 15 is 0 Å². The maximum Gasteiger partial charge on any atom is 0.163 e. The first-order valence-electron chi connectivity index (χ1n) is 8.42. The van der Waals surface area contributed by atoms with Crippen LogP contribution in [-0.4, -0.2) is 36.9 Å². The minimum absolute atomic E-state index is 0.532. The van der Waals surface area contributed by atoms with Crippen LogP contribution in [0.3, 0.4) is 0 Å². The molecule has 0 saturated heterocycles. The van der Waals surface area contributed by atoms with E-state index in [1.54, 1.807) is 17.1 Å². The minimum atomic E-state index is 0.532. The Hall–Kier alpha value is -3.29. The second-order valence-electron chi connectivity index (χ2n) is 6.07. The summed E-state index contributed by atoms with van der Waals surface area (Å²) >= 11 is 0. The fourth-order valence-electron chi connectivity index (χ4n) is 2.83. The van der Waals surface area contributed by atoms with Gasteiger partial charge in [-0.05, 0) is 12.1 Å². The Morgan fingerprint density at radius 1 is 1.19 bits per heavy atom. The van der Waals surface area contributed by atoms with Gasteiger partial charge in [-0.2, -0.15) is 5.10 Å². The highest BCUT2D eigenvalue weighted by Gasteiger charge is 2.16. The first-order valence-corrected chi connectivity index (χ1v) is 8.42. The van der Waals surface area contributed by atoms with Crippen LogP contribution in [0.2, 0.25) is 0 Å². The quantitative estimate of drug-likeness (QED) is 0.547. The van der Waals surface area contributed by atoms with Crippen molar-refractivity contribution < 1.29 is 4.52 Å². The van der Waals surface area contributed by atoms with Gasteiger partial charge in [0.2, 0.25) is 0 Å². The van der Waals surface area contributed by atoms with E-state index in [1.165, 1.54) is 0 Å². The molecule has 8 heteroatoms. The predicted octanol–water partition coefficient (Wildman–Crippen LogP) is 2.61. The Kier molecular flexibility index (Phi) is 4.08. The summed E-state index contributed by atoms with van der Waals surface area (Å²) in [5.74, 6) is 2.35. The predicted molar refractivity (Wildman–Crippen MR) is 97.5 cm³/mol. The smallest absolute Gasteiger partial charge is 0.163 e. The molecule has 0 spiro atoms. The first kappa shape index (κ1) is 16.2. The number of fused-ring (bicyclic) bond motifs is 1. The second kappa shape index (κ2) is 6.55. The van der Waals surface area contributed by atoms with Gasteiger partial charge >= 0.3 is 0 Å². The molecule has 0 unspecified atom stereocenters. The van der Waals surface area contributed by atoms with Crippen LogP contribution in [0, 0.1) is 0 Å². The van der Waals surface area contributed by atoms with E-state index in [1.807, 2.05) is 50.2 Å². The molecule has 0 aliphatic heterocycles. The molecule has 0 fully saturated rings. The zero-order valence-corrected chi connectivity index (χ0v) is 14.9. The van der Waals surface area contributed by atoms with Gasteiger partial charge < -0.3 is 9.42 Å². The van der Waals surface area contributed by atoms with E-state index < -0.39 is 0 Å². The lowest BCUT2D eigenvalue weighted by Crippen LogP contribution is -2.18. The highest BCUT2D eigenvalue weighted by Crippen LogP contribution is 2.25. The van der Waals surface area contributed by atoms with Gasteiger partial charge in [-0.15, -0.1) is 0 Å². The van der Waals surface area contributed by atoms with Crippen LogP contribution in [0.4, 0.5) is 5.82 Å².